The Morgan fingerprint density at radius 3 is 2.60 bits per heavy atom. The van der Waals surface area contributed by atoms with Gasteiger partial charge in [0.2, 0.25) is 9.67 Å². The van der Waals surface area contributed by atoms with E-state index in [-0.39, 0.29) is 11.3 Å². The Morgan fingerprint density at radius 1 is 1.45 bits per heavy atom. The number of ether oxygens (including phenoxy) is 2. The maximum Gasteiger partial charge on any atom is 0.333 e. The molecule has 9 heteroatoms. The van der Waals surface area contributed by atoms with Gasteiger partial charge in [0, 0.05) is 11.7 Å². The lowest BCUT2D eigenvalue weighted by Crippen LogP contribution is -2.68. The number of nitrogens with zero attached hydrogens (tertiary/aromatic N) is 1. The number of rotatable bonds is 3. The molecule has 2 saturated heterocycles. The topological polar surface area (TPSA) is 72.9 Å². The van der Waals surface area contributed by atoms with Crippen LogP contribution in [-0.2, 0) is 23.9 Å². The number of alkyl halides is 2. The number of hydrogen-bond donors (Lipinski definition) is 0. The molecule has 0 saturated carbocycles. The molecule has 3 atom stereocenters. The van der Waals surface area contributed by atoms with Crippen molar-refractivity contribution in [3.8, 4) is 0 Å². The molecule has 0 N–H and O–H groups in total. The van der Waals surface area contributed by atoms with Crippen LogP contribution in [0.15, 0.2) is 0 Å². The van der Waals surface area contributed by atoms with Crippen LogP contribution >= 0.6 is 46.0 Å². The Labute approximate surface area is 139 Å². The molecule has 112 valence electrons. The van der Waals surface area contributed by atoms with Gasteiger partial charge >= 0.3 is 11.9 Å². The second kappa shape index (κ2) is 5.20. The zero-order valence-corrected chi connectivity index (χ0v) is 14.7. The third-order valence-electron chi connectivity index (χ3n) is 3.12. The number of amides is 1. The Bertz CT molecular complexity index is 483. The average molecular weight is 434 g/mol. The van der Waals surface area contributed by atoms with Crippen LogP contribution in [-0.4, -0.2) is 48.6 Å². The summed E-state index contributed by atoms with van der Waals surface area (Å²) >= 11 is 9.50. The average Bonchev–Trinajstić information content (AvgIpc) is 2.58. The highest BCUT2D eigenvalue weighted by Gasteiger charge is 2.70. The largest absolute Gasteiger partial charge is 0.428 e. The first kappa shape index (κ1) is 16.2. The molecule has 0 aromatic rings. The van der Waals surface area contributed by atoms with Crippen LogP contribution in [0.4, 0.5) is 0 Å². The molecule has 0 radical (unpaired) electrons. The predicted octanol–water partition coefficient (Wildman–Crippen LogP) is 1.48. The highest BCUT2D eigenvalue weighted by Crippen LogP contribution is 2.59. The minimum absolute atomic E-state index is 0.265. The zero-order valence-electron chi connectivity index (χ0n) is 11.0. The van der Waals surface area contributed by atoms with E-state index in [0.717, 1.165) is 0 Å². The van der Waals surface area contributed by atoms with Crippen molar-refractivity contribution < 1.29 is 23.9 Å². The van der Waals surface area contributed by atoms with Gasteiger partial charge in [-0.15, -0.1) is 11.8 Å². The quantitative estimate of drug-likeness (QED) is 0.221. The van der Waals surface area contributed by atoms with Crippen LogP contribution in [0.3, 0.4) is 0 Å². The lowest BCUT2D eigenvalue weighted by molar-refractivity contribution is -0.174. The molecule has 2 heterocycles. The summed E-state index contributed by atoms with van der Waals surface area (Å²) in [7, 11) is 0. The van der Waals surface area contributed by atoms with Crippen molar-refractivity contribution in [1.29, 1.82) is 0 Å². The van der Waals surface area contributed by atoms with E-state index in [2.05, 4.69) is 4.74 Å². The summed E-state index contributed by atoms with van der Waals surface area (Å²) in [5, 5.41) is -0.265. The standard InChI is InChI=1S/C11H13ClINO5S/c1-5(15)18-4-19-7(16)6-10(2,3)20-9-11(12,13)8(17)14(6)9/h6,9H,4H2,1-3H3/t6-,9+,11+/m0/s1. The van der Waals surface area contributed by atoms with E-state index in [0.29, 0.717) is 0 Å². The first-order valence-electron chi connectivity index (χ1n) is 5.77. The molecule has 6 nitrogen and oxygen atoms in total. The SMILES string of the molecule is CC(=O)OCOC(=O)[C@@H]1N2C(=O)[C@@](Cl)(I)[C@H]2SC1(C)C. The number of thioether (sulfide) groups is 1. The van der Waals surface area contributed by atoms with Crippen molar-refractivity contribution in [2.75, 3.05) is 6.79 Å². The van der Waals surface area contributed by atoms with Crippen molar-refractivity contribution >= 4 is 63.8 Å². The fourth-order valence-electron chi connectivity index (χ4n) is 2.21. The number of β-lactam (4-membered cyclic amide) rings is 1. The molecule has 0 aromatic carbocycles. The van der Waals surface area contributed by atoms with E-state index in [9.17, 15) is 14.4 Å². The van der Waals surface area contributed by atoms with Crippen LogP contribution < -0.4 is 0 Å². The molecule has 20 heavy (non-hydrogen) atoms. The van der Waals surface area contributed by atoms with Crippen molar-refractivity contribution in [3.63, 3.8) is 0 Å². The number of carbonyl (C=O) groups is 3. The normalized spacial score (nSPS) is 34.2. The Morgan fingerprint density at radius 2 is 2.05 bits per heavy atom. The lowest BCUT2D eigenvalue weighted by Gasteiger charge is -2.46. The van der Waals surface area contributed by atoms with Gasteiger partial charge in [0.25, 0.3) is 5.91 Å². The van der Waals surface area contributed by atoms with E-state index in [1.165, 1.54) is 23.6 Å². The first-order valence-corrected chi connectivity index (χ1v) is 8.11. The lowest BCUT2D eigenvalue weighted by atomic mass is 9.98. The molecular weight excluding hydrogens is 421 g/mol. The van der Waals surface area contributed by atoms with E-state index in [1.54, 1.807) is 0 Å². The summed E-state index contributed by atoms with van der Waals surface area (Å²) in [5.41, 5.74) is 0. The maximum atomic E-state index is 12.1. The minimum atomic E-state index is -1.01. The molecular formula is C11H13ClINO5S. The fourth-order valence-corrected chi connectivity index (χ4v) is 5.00. The van der Waals surface area contributed by atoms with Gasteiger partial charge < -0.3 is 14.4 Å². The van der Waals surface area contributed by atoms with E-state index in [4.69, 9.17) is 16.3 Å². The number of esters is 2. The van der Waals surface area contributed by atoms with Gasteiger partial charge in [0.15, 0.2) is 0 Å². The number of fused-ring (bicyclic) bond motifs is 1. The summed E-state index contributed by atoms with van der Waals surface area (Å²) in [6.07, 6.45) is 0. The molecule has 0 aliphatic carbocycles. The van der Waals surface area contributed by atoms with Crippen LogP contribution in [0.1, 0.15) is 20.8 Å². The van der Waals surface area contributed by atoms with Crippen molar-refractivity contribution in [3.05, 3.63) is 0 Å². The van der Waals surface area contributed by atoms with Crippen molar-refractivity contribution in [2.45, 2.75) is 39.8 Å². The van der Waals surface area contributed by atoms with Gasteiger partial charge in [0.1, 0.15) is 11.4 Å². The van der Waals surface area contributed by atoms with E-state index < -0.39 is 32.4 Å². The minimum Gasteiger partial charge on any atom is -0.428 e. The van der Waals surface area contributed by atoms with Crippen LogP contribution in [0.5, 0.6) is 0 Å². The molecule has 0 bridgehead atoms. The summed E-state index contributed by atoms with van der Waals surface area (Å²) < 4.78 is 7.95. The Balaban J connectivity index is 2.09. The predicted molar refractivity (Wildman–Crippen MR) is 81.4 cm³/mol. The summed E-state index contributed by atoms with van der Waals surface area (Å²) in [6, 6.07) is -0.734. The van der Waals surface area contributed by atoms with Crippen molar-refractivity contribution in [2.24, 2.45) is 0 Å². The summed E-state index contributed by atoms with van der Waals surface area (Å²) in [6.45, 7) is 4.47. The molecule has 0 unspecified atom stereocenters. The number of hydrogen-bond acceptors (Lipinski definition) is 6. The Hall–Kier alpha value is -0.220. The van der Waals surface area contributed by atoms with Crippen LogP contribution in [0.2, 0.25) is 0 Å². The molecule has 2 fully saturated rings. The molecule has 0 aromatic heterocycles. The second-order valence-electron chi connectivity index (χ2n) is 5.03. The maximum absolute atomic E-state index is 12.1. The highest BCUT2D eigenvalue weighted by molar-refractivity contribution is 14.1. The third kappa shape index (κ3) is 2.50. The Kier molecular flexibility index (Phi) is 4.20. The highest BCUT2D eigenvalue weighted by atomic mass is 127. The molecule has 2 aliphatic rings. The second-order valence-corrected chi connectivity index (χ2v) is 9.70. The van der Waals surface area contributed by atoms with Gasteiger partial charge in [-0.25, -0.2) is 4.79 Å². The van der Waals surface area contributed by atoms with Gasteiger partial charge in [-0.05, 0) is 36.4 Å². The molecule has 0 spiro atoms. The molecule has 2 rings (SSSR count). The fraction of sp³-hybridized carbons (Fsp3) is 0.727. The van der Waals surface area contributed by atoms with E-state index >= 15 is 0 Å². The first-order chi connectivity index (χ1) is 9.09. The summed E-state index contributed by atoms with van der Waals surface area (Å²) in [5.74, 6) is -1.43. The van der Waals surface area contributed by atoms with E-state index in [1.807, 2.05) is 36.4 Å². The van der Waals surface area contributed by atoms with Gasteiger partial charge in [-0.3, -0.25) is 9.59 Å². The summed E-state index contributed by atoms with van der Waals surface area (Å²) in [4.78, 5) is 36.2. The smallest absolute Gasteiger partial charge is 0.333 e. The molecule has 1 amide bonds. The van der Waals surface area contributed by atoms with Crippen LogP contribution in [0, 0.1) is 0 Å². The van der Waals surface area contributed by atoms with Gasteiger partial charge in [-0.1, -0.05) is 11.6 Å². The molecule has 2 aliphatic heterocycles. The van der Waals surface area contributed by atoms with Gasteiger partial charge in [-0.2, -0.15) is 0 Å². The number of halogens is 2. The third-order valence-corrected chi connectivity index (χ3v) is 6.73. The van der Waals surface area contributed by atoms with Crippen LogP contribution in [0.25, 0.3) is 0 Å². The van der Waals surface area contributed by atoms with Crippen molar-refractivity contribution in [1.82, 2.24) is 4.90 Å². The number of carbonyl (C=O) groups excluding carboxylic acids is 3. The van der Waals surface area contributed by atoms with Gasteiger partial charge in [0.05, 0.1) is 0 Å². The zero-order chi connectivity index (χ0) is 15.3. The monoisotopic (exact) mass is 433 g/mol.